The summed E-state index contributed by atoms with van der Waals surface area (Å²) in [6.07, 6.45) is 4.45. The number of ether oxygens (including phenoxy) is 3. The number of aryl methyl sites for hydroxylation is 12. The van der Waals surface area contributed by atoms with Crippen LogP contribution in [0.2, 0.25) is 0 Å². The molecular formula is C115H156O10. The second-order valence-corrected chi connectivity index (χ2v) is 24.8. The molecule has 0 spiro atoms. The third-order valence-corrected chi connectivity index (χ3v) is 16.1. The van der Waals surface area contributed by atoms with Crippen LogP contribution in [0.1, 0.15) is 286 Å². The van der Waals surface area contributed by atoms with Crippen molar-refractivity contribution in [2.45, 2.75) is 260 Å². The Hall–Kier alpha value is -11.9. The second-order valence-electron chi connectivity index (χ2n) is 24.8. The SMILES string of the molecule is CC.CC.CC.CC.CC.CC.CC.CC.CC.CC.CC.CC.Cc1ccc(C#Cc2ccc(OOCc3ccc(C)cc3)cc2)cc1.Cc1ccc(CCc2ccc(CCc3ccc(C)cc3)cc2)cc1.Cc1ccc(COOc2ccc(OC(=O)c3ccc(C)cc3)cc2)cc1.Cc1ccc(OC(=O)c2ccc(OC(=O)c3ccc(C)cc3)cc2)cc1. The van der Waals surface area contributed by atoms with Gasteiger partial charge in [0.25, 0.3) is 0 Å². The quantitative estimate of drug-likeness (QED) is 0.0240. The molecule has 0 radical (unpaired) electrons. The molecule has 0 aliphatic heterocycles. The summed E-state index contributed by atoms with van der Waals surface area (Å²) >= 11 is 0. The molecule has 0 aliphatic carbocycles. The van der Waals surface area contributed by atoms with Crippen LogP contribution in [0.5, 0.6) is 28.7 Å². The fraction of sp³-hybridized carbons (Fsp3) is 0.330. The fourth-order valence-electron chi connectivity index (χ4n) is 9.74. The number of hydrogen-bond acceptors (Lipinski definition) is 10. The Morgan fingerprint density at radius 2 is 0.344 bits per heavy atom. The molecule has 0 bridgehead atoms. The van der Waals surface area contributed by atoms with Crippen LogP contribution >= 0.6 is 0 Å². The molecule has 10 nitrogen and oxygen atoms in total. The Balaban J connectivity index is -0.000000720. The van der Waals surface area contributed by atoms with E-state index in [1.54, 1.807) is 84.9 Å². The molecule has 125 heavy (non-hydrogen) atoms. The fourth-order valence-corrected chi connectivity index (χ4v) is 9.74. The van der Waals surface area contributed by atoms with Crippen LogP contribution in [-0.4, -0.2) is 17.9 Å². The Labute approximate surface area is 759 Å². The van der Waals surface area contributed by atoms with Gasteiger partial charge in [-0.15, -0.1) is 0 Å². The van der Waals surface area contributed by atoms with Crippen molar-refractivity contribution in [2.24, 2.45) is 0 Å². The van der Waals surface area contributed by atoms with Crippen molar-refractivity contribution < 1.29 is 48.1 Å². The third-order valence-electron chi connectivity index (χ3n) is 16.1. The lowest BCUT2D eigenvalue weighted by Crippen LogP contribution is -2.10. The maximum absolute atomic E-state index is 12.2. The van der Waals surface area contributed by atoms with Gasteiger partial charge in [-0.3, -0.25) is 0 Å². The zero-order chi connectivity index (χ0) is 95.1. The van der Waals surface area contributed by atoms with E-state index in [1.165, 1.54) is 50.1 Å². The molecule has 0 aliphatic rings. The molecule has 12 aromatic carbocycles. The highest BCUT2D eigenvalue weighted by molar-refractivity contribution is 5.93. The summed E-state index contributed by atoms with van der Waals surface area (Å²) in [6.45, 7) is 65.1. The van der Waals surface area contributed by atoms with Gasteiger partial charge < -0.3 is 24.0 Å². The van der Waals surface area contributed by atoms with Gasteiger partial charge >= 0.3 is 17.9 Å². The molecule has 0 heterocycles. The summed E-state index contributed by atoms with van der Waals surface area (Å²) in [5, 5.41) is 0. The van der Waals surface area contributed by atoms with Crippen LogP contribution < -0.4 is 24.0 Å². The molecule has 0 atom stereocenters. The predicted molar refractivity (Wildman–Crippen MR) is 538 cm³/mol. The van der Waals surface area contributed by atoms with E-state index in [-0.39, 0.29) is 0 Å². The largest absolute Gasteiger partial charge is 0.423 e. The summed E-state index contributed by atoms with van der Waals surface area (Å²) in [7, 11) is 0. The standard InChI is InChI=1S/C24H26.C23H20O2.C22H18O4.C22H20O4.12C2H6/c1-19-3-7-21(8-4-19)11-13-23-15-17-24(18-16-23)14-12-22-9-5-20(2)6-10-22;1-18-3-7-20(8-4-18)11-12-21-13-15-23(16-14-21)25-24-17-22-9-5-19(2)6-10-22;1-15-3-7-17(8-4-15)21(23)26-20-13-9-18(10-14-20)22(24)25-19-11-5-16(2)6-12-19;1-16-3-7-18(8-4-16)15-24-26-21-13-11-20(12-14-21)25-22(23)19-9-5-17(2)6-10-19;12*1-2/h3-10,15-18H,11-14H2,1-2H3;3-10,13-16H,17H2,1-2H3;3-14H,1-2H3;3-14H,15H2,1-2H3;12*1-2H3. The number of esters is 3. The lowest BCUT2D eigenvalue weighted by atomic mass is 10.00. The van der Waals surface area contributed by atoms with Gasteiger partial charge in [0.05, 0.1) is 16.7 Å². The smallest absolute Gasteiger partial charge is 0.343 e. The third kappa shape index (κ3) is 53.7. The Morgan fingerprint density at radius 3 is 0.584 bits per heavy atom. The van der Waals surface area contributed by atoms with Crippen LogP contribution in [0.3, 0.4) is 0 Å². The minimum atomic E-state index is -0.467. The first-order chi connectivity index (χ1) is 61.0. The van der Waals surface area contributed by atoms with Gasteiger partial charge in [0, 0.05) is 11.1 Å². The van der Waals surface area contributed by atoms with Crippen molar-refractivity contribution in [1.82, 2.24) is 0 Å². The minimum Gasteiger partial charge on any atom is -0.423 e. The van der Waals surface area contributed by atoms with E-state index in [2.05, 4.69) is 137 Å². The molecule has 0 N–H and O–H groups in total. The molecule has 0 amide bonds. The van der Waals surface area contributed by atoms with Gasteiger partial charge in [0.1, 0.15) is 30.5 Å². The van der Waals surface area contributed by atoms with E-state index in [9.17, 15) is 14.4 Å². The van der Waals surface area contributed by atoms with E-state index in [1.807, 2.05) is 303 Å². The predicted octanol–water partition coefficient (Wildman–Crippen LogP) is 33.2. The van der Waals surface area contributed by atoms with Gasteiger partial charge in [0.2, 0.25) is 0 Å². The molecule has 0 unspecified atom stereocenters. The molecule has 676 valence electrons. The molecule has 0 fully saturated rings. The number of hydrogen-bond donors (Lipinski definition) is 0. The minimum absolute atomic E-state index is 0.352. The van der Waals surface area contributed by atoms with Crippen molar-refractivity contribution in [1.29, 1.82) is 0 Å². The van der Waals surface area contributed by atoms with Gasteiger partial charge in [-0.05, 0) is 236 Å². The summed E-state index contributed by atoms with van der Waals surface area (Å²) < 4.78 is 16.0. The lowest BCUT2D eigenvalue weighted by molar-refractivity contribution is -0.217. The highest BCUT2D eigenvalue weighted by Gasteiger charge is 2.13. The number of carbonyl (C=O) groups is 3. The Kier molecular flexibility index (Phi) is 75.8. The first-order valence-electron chi connectivity index (χ1n) is 45.6. The maximum Gasteiger partial charge on any atom is 0.343 e. The van der Waals surface area contributed by atoms with Gasteiger partial charge in [-0.1, -0.05) is 392 Å². The molecule has 10 heteroatoms. The van der Waals surface area contributed by atoms with Crippen molar-refractivity contribution in [3.05, 3.63) is 397 Å². The van der Waals surface area contributed by atoms with Crippen LogP contribution in [-0.2, 0) is 48.7 Å². The second kappa shape index (κ2) is 79.3. The van der Waals surface area contributed by atoms with E-state index in [4.69, 9.17) is 33.8 Å². The summed E-state index contributed by atoms with van der Waals surface area (Å²) in [5.41, 5.74) is 20.7. The number of rotatable bonds is 20. The van der Waals surface area contributed by atoms with E-state index < -0.39 is 17.9 Å². The highest BCUT2D eigenvalue weighted by atomic mass is 17.2. The van der Waals surface area contributed by atoms with Crippen LogP contribution in [0, 0.1) is 67.2 Å². The van der Waals surface area contributed by atoms with Gasteiger partial charge in [0.15, 0.2) is 11.5 Å². The zero-order valence-electron chi connectivity index (χ0n) is 82.5. The van der Waals surface area contributed by atoms with E-state index >= 15 is 0 Å². The number of carbonyl (C=O) groups excluding carboxylic acids is 3. The zero-order valence-corrected chi connectivity index (χ0v) is 82.5. The van der Waals surface area contributed by atoms with Gasteiger partial charge in [-0.25, -0.2) is 14.4 Å². The normalized spacial score (nSPS) is 8.93. The van der Waals surface area contributed by atoms with E-state index in [0.717, 1.165) is 64.6 Å². The number of benzene rings is 12. The van der Waals surface area contributed by atoms with Gasteiger partial charge in [-0.2, -0.15) is 9.78 Å². The van der Waals surface area contributed by atoms with E-state index in [0.29, 0.717) is 58.7 Å². The average Bonchev–Trinajstić information content (AvgIpc) is 0.904. The van der Waals surface area contributed by atoms with Crippen molar-refractivity contribution in [3.8, 4) is 40.6 Å². The molecule has 12 aromatic rings. The molecule has 0 saturated heterocycles. The topological polar surface area (TPSA) is 116 Å². The highest BCUT2D eigenvalue weighted by Crippen LogP contribution is 2.23. The maximum atomic E-state index is 12.2. The molecule has 0 saturated carbocycles. The summed E-state index contributed by atoms with van der Waals surface area (Å²) in [5.74, 6) is 7.48. The lowest BCUT2D eigenvalue weighted by Gasteiger charge is -2.07. The summed E-state index contributed by atoms with van der Waals surface area (Å²) in [4.78, 5) is 57.4. The first kappa shape index (κ1) is 119. The average molecular weight is 1700 g/mol. The molecular weight excluding hydrogens is 1540 g/mol. The Morgan fingerprint density at radius 1 is 0.192 bits per heavy atom. The van der Waals surface area contributed by atoms with Crippen molar-refractivity contribution in [2.75, 3.05) is 0 Å². The van der Waals surface area contributed by atoms with Crippen LogP contribution in [0.15, 0.2) is 291 Å². The van der Waals surface area contributed by atoms with Crippen LogP contribution in [0.4, 0.5) is 0 Å². The van der Waals surface area contributed by atoms with Crippen molar-refractivity contribution in [3.63, 3.8) is 0 Å². The van der Waals surface area contributed by atoms with Crippen molar-refractivity contribution >= 4 is 17.9 Å². The molecule has 12 rings (SSSR count). The summed E-state index contributed by atoms with van der Waals surface area (Å²) in [6, 6.07) is 93.4. The first-order valence-corrected chi connectivity index (χ1v) is 45.6. The Bertz CT molecular complexity index is 4510. The van der Waals surface area contributed by atoms with Crippen LogP contribution in [0.25, 0.3) is 0 Å². The monoisotopic (exact) mass is 1700 g/mol. The molecule has 0 aromatic heterocycles.